The molecule has 6 nitrogen and oxygen atoms in total. The van der Waals surface area contributed by atoms with Gasteiger partial charge >= 0.3 is 0 Å². The summed E-state index contributed by atoms with van der Waals surface area (Å²) in [5, 5.41) is 0.0531. The number of para-hydroxylation sites is 2. The number of amidine groups is 1. The van der Waals surface area contributed by atoms with E-state index in [9.17, 15) is 17.6 Å². The van der Waals surface area contributed by atoms with Gasteiger partial charge in [-0.1, -0.05) is 42.1 Å². The summed E-state index contributed by atoms with van der Waals surface area (Å²) in [6, 6.07) is 12.9. The quantitative estimate of drug-likeness (QED) is 0.737. The minimum atomic E-state index is -3.21. The fraction of sp³-hybridized carbons (Fsp3) is 0.300. The number of sulfone groups is 1. The molecule has 2 heterocycles. The fourth-order valence-electron chi connectivity index (χ4n) is 3.65. The standard InChI is InChI=1S/C20H19FN2O4S2/c1-27-17-9-5-2-6-13(17)10-19(24)22-20-23(15-8-4-3-7-14(15)21)16-11-29(25,26)12-18(16)28-20/h2-9,16,18H,10-12H2,1H3/t16-,18-/m1/s1. The molecule has 0 radical (unpaired) electrons. The third kappa shape index (κ3) is 4.02. The van der Waals surface area contributed by atoms with Crippen LogP contribution < -0.4 is 9.64 Å². The first-order valence-corrected chi connectivity index (χ1v) is 11.7. The van der Waals surface area contributed by atoms with Gasteiger partial charge in [-0.25, -0.2) is 12.8 Å². The molecule has 2 aliphatic heterocycles. The number of carbonyl (C=O) groups excluding carboxylic acids is 1. The predicted molar refractivity (Wildman–Crippen MR) is 112 cm³/mol. The molecule has 2 fully saturated rings. The van der Waals surface area contributed by atoms with Crippen LogP contribution in [0.25, 0.3) is 0 Å². The molecule has 2 aromatic carbocycles. The number of ether oxygens (including phenoxy) is 1. The van der Waals surface area contributed by atoms with E-state index in [4.69, 9.17) is 4.74 Å². The van der Waals surface area contributed by atoms with Gasteiger partial charge < -0.3 is 9.64 Å². The zero-order valence-corrected chi connectivity index (χ0v) is 17.2. The van der Waals surface area contributed by atoms with Crippen LogP contribution in [0.15, 0.2) is 53.5 Å². The summed E-state index contributed by atoms with van der Waals surface area (Å²) in [6.07, 6.45) is 0.0345. The van der Waals surface area contributed by atoms with Crippen molar-refractivity contribution in [1.82, 2.24) is 0 Å². The Balaban J connectivity index is 1.66. The maximum atomic E-state index is 14.5. The molecule has 0 saturated carbocycles. The van der Waals surface area contributed by atoms with E-state index in [1.165, 1.54) is 24.9 Å². The summed E-state index contributed by atoms with van der Waals surface area (Å²) in [5.41, 5.74) is 0.931. The van der Waals surface area contributed by atoms with Crippen molar-refractivity contribution in [3.8, 4) is 5.75 Å². The van der Waals surface area contributed by atoms with Gasteiger partial charge in [-0.05, 0) is 18.2 Å². The predicted octanol–water partition coefficient (Wildman–Crippen LogP) is 2.68. The molecule has 9 heteroatoms. The highest BCUT2D eigenvalue weighted by Crippen LogP contribution is 2.41. The number of anilines is 1. The van der Waals surface area contributed by atoms with E-state index in [-0.39, 0.29) is 28.9 Å². The van der Waals surface area contributed by atoms with Gasteiger partial charge in [0.25, 0.3) is 5.91 Å². The summed E-state index contributed by atoms with van der Waals surface area (Å²) >= 11 is 1.22. The zero-order chi connectivity index (χ0) is 20.6. The van der Waals surface area contributed by atoms with Crippen molar-refractivity contribution < 1.29 is 22.3 Å². The van der Waals surface area contributed by atoms with Gasteiger partial charge in [0, 0.05) is 10.8 Å². The maximum absolute atomic E-state index is 14.5. The van der Waals surface area contributed by atoms with Crippen LogP contribution in [0.2, 0.25) is 0 Å². The first-order chi connectivity index (χ1) is 13.9. The Hall–Kier alpha value is -2.39. The highest BCUT2D eigenvalue weighted by Gasteiger charge is 2.49. The van der Waals surface area contributed by atoms with E-state index in [1.807, 2.05) is 12.1 Å². The average molecular weight is 435 g/mol. The minimum Gasteiger partial charge on any atom is -0.496 e. The maximum Gasteiger partial charge on any atom is 0.252 e. The fourth-order valence-corrected chi connectivity index (χ4v) is 7.58. The molecule has 0 unspecified atom stereocenters. The molecule has 1 amide bonds. The number of benzene rings is 2. The Morgan fingerprint density at radius 3 is 2.69 bits per heavy atom. The second kappa shape index (κ2) is 7.79. The molecule has 2 atom stereocenters. The van der Waals surface area contributed by atoms with Crippen molar-refractivity contribution in [3.05, 3.63) is 59.9 Å². The van der Waals surface area contributed by atoms with Crippen LogP contribution in [0, 0.1) is 5.82 Å². The van der Waals surface area contributed by atoms with Crippen LogP contribution in [0.1, 0.15) is 5.56 Å². The van der Waals surface area contributed by atoms with Crippen molar-refractivity contribution in [3.63, 3.8) is 0 Å². The number of amides is 1. The van der Waals surface area contributed by atoms with Gasteiger partial charge in [0.15, 0.2) is 15.0 Å². The molecule has 2 aromatic rings. The first-order valence-electron chi connectivity index (χ1n) is 9.02. The van der Waals surface area contributed by atoms with Crippen LogP contribution in [-0.2, 0) is 21.1 Å². The number of nitrogens with zero attached hydrogens (tertiary/aromatic N) is 2. The van der Waals surface area contributed by atoms with E-state index in [1.54, 1.807) is 35.2 Å². The third-order valence-electron chi connectivity index (χ3n) is 4.93. The monoisotopic (exact) mass is 434 g/mol. The van der Waals surface area contributed by atoms with Crippen molar-refractivity contribution >= 4 is 38.4 Å². The average Bonchev–Trinajstić information content (AvgIpc) is 3.13. The molecule has 2 saturated heterocycles. The lowest BCUT2D eigenvalue weighted by molar-refractivity contribution is -0.117. The Kier molecular flexibility index (Phi) is 5.35. The highest BCUT2D eigenvalue weighted by atomic mass is 32.2. The molecular weight excluding hydrogens is 415 g/mol. The molecule has 2 aliphatic rings. The van der Waals surface area contributed by atoms with E-state index >= 15 is 0 Å². The van der Waals surface area contributed by atoms with E-state index in [2.05, 4.69) is 4.99 Å². The summed E-state index contributed by atoms with van der Waals surface area (Å²) in [4.78, 5) is 18.4. The van der Waals surface area contributed by atoms with E-state index < -0.39 is 27.6 Å². The summed E-state index contributed by atoms with van der Waals surface area (Å²) in [6.45, 7) is 0. The van der Waals surface area contributed by atoms with Crippen LogP contribution in [0.5, 0.6) is 5.75 Å². The first kappa shape index (κ1) is 19.9. The number of fused-ring (bicyclic) bond motifs is 1. The van der Waals surface area contributed by atoms with Crippen LogP contribution in [0.4, 0.5) is 10.1 Å². The summed E-state index contributed by atoms with van der Waals surface area (Å²) in [7, 11) is -1.68. The van der Waals surface area contributed by atoms with Crippen molar-refractivity contribution in [2.24, 2.45) is 4.99 Å². The largest absolute Gasteiger partial charge is 0.496 e. The van der Waals surface area contributed by atoms with Crippen LogP contribution >= 0.6 is 11.8 Å². The number of carbonyl (C=O) groups is 1. The van der Waals surface area contributed by atoms with Gasteiger partial charge in [0.05, 0.1) is 36.8 Å². The van der Waals surface area contributed by atoms with Crippen LogP contribution in [0.3, 0.4) is 0 Å². The smallest absolute Gasteiger partial charge is 0.252 e. The molecule has 0 spiro atoms. The van der Waals surface area contributed by atoms with Crippen molar-refractivity contribution in [1.29, 1.82) is 0 Å². The number of hydrogen-bond acceptors (Lipinski definition) is 5. The summed E-state index contributed by atoms with van der Waals surface area (Å²) < 4.78 is 43.9. The number of hydrogen-bond donors (Lipinski definition) is 0. The molecule has 0 bridgehead atoms. The molecule has 0 aromatic heterocycles. The zero-order valence-electron chi connectivity index (χ0n) is 15.6. The number of rotatable bonds is 4. The molecular formula is C20H19FN2O4S2. The number of thioether (sulfide) groups is 1. The lowest BCUT2D eigenvalue weighted by Gasteiger charge is -2.24. The number of aliphatic imine (C=N–C) groups is 1. The van der Waals surface area contributed by atoms with E-state index in [0.29, 0.717) is 16.5 Å². The van der Waals surface area contributed by atoms with Gasteiger partial charge in [0.2, 0.25) is 0 Å². The lowest BCUT2D eigenvalue weighted by atomic mass is 10.1. The Morgan fingerprint density at radius 2 is 1.93 bits per heavy atom. The van der Waals surface area contributed by atoms with Gasteiger partial charge in [-0.3, -0.25) is 4.79 Å². The number of halogens is 1. The van der Waals surface area contributed by atoms with Gasteiger partial charge in [-0.15, -0.1) is 0 Å². The van der Waals surface area contributed by atoms with Crippen molar-refractivity contribution in [2.45, 2.75) is 17.7 Å². The second-order valence-electron chi connectivity index (χ2n) is 6.90. The Labute approximate surface area is 172 Å². The SMILES string of the molecule is COc1ccccc1CC(=O)N=C1S[C@@H]2CS(=O)(=O)C[C@H]2N1c1ccccc1F. The van der Waals surface area contributed by atoms with Crippen molar-refractivity contribution in [2.75, 3.05) is 23.5 Å². The topological polar surface area (TPSA) is 76.0 Å². The number of methoxy groups -OCH3 is 1. The molecule has 4 rings (SSSR count). The third-order valence-corrected chi connectivity index (χ3v) is 8.14. The summed E-state index contributed by atoms with van der Waals surface area (Å²) in [5.74, 6) is -0.385. The minimum absolute atomic E-state index is 0.00694. The molecule has 29 heavy (non-hydrogen) atoms. The Bertz CT molecular complexity index is 1090. The van der Waals surface area contributed by atoms with E-state index in [0.717, 1.165) is 0 Å². The van der Waals surface area contributed by atoms with Gasteiger partial charge in [0.1, 0.15) is 11.6 Å². The molecule has 0 N–H and O–H groups in total. The highest BCUT2D eigenvalue weighted by molar-refractivity contribution is 8.16. The molecule has 0 aliphatic carbocycles. The van der Waals surface area contributed by atoms with Gasteiger partial charge in [-0.2, -0.15) is 4.99 Å². The second-order valence-corrected chi connectivity index (χ2v) is 10.3. The Morgan fingerprint density at radius 1 is 1.21 bits per heavy atom. The molecule has 152 valence electrons. The normalized spacial score (nSPS) is 23.9. The van der Waals surface area contributed by atoms with Crippen LogP contribution in [-0.4, -0.2) is 49.4 Å². The lowest BCUT2D eigenvalue weighted by Crippen LogP contribution is -2.38.